The third-order valence-electron chi connectivity index (χ3n) is 3.80. The topological polar surface area (TPSA) is 49.4 Å². The van der Waals surface area contributed by atoms with Crippen LogP contribution in [0.5, 0.6) is 0 Å². The van der Waals surface area contributed by atoms with Crippen LogP contribution in [0.3, 0.4) is 0 Å². The molecule has 28 heavy (non-hydrogen) atoms. The number of hydrogen-bond acceptors (Lipinski definition) is 2. The smallest absolute Gasteiger partial charge is 0.330 e. The zero-order valence-corrected chi connectivity index (χ0v) is 15.0. The number of rotatable bonds is 6. The molecular weight excluding hydrogens is 376 g/mol. The van der Waals surface area contributed by atoms with Gasteiger partial charge in [0.2, 0.25) is 11.8 Å². The summed E-state index contributed by atoms with van der Waals surface area (Å²) in [4.78, 5) is 25.5. The van der Waals surface area contributed by atoms with Crippen LogP contribution >= 0.6 is 0 Å². The highest BCUT2D eigenvalue weighted by molar-refractivity contribution is 5.98. The molecule has 0 fully saturated rings. The first-order chi connectivity index (χ1) is 13.2. The fourth-order valence-corrected chi connectivity index (χ4v) is 2.43. The number of benzene rings is 2. The number of nitrogens with zero attached hydrogens (tertiary/aromatic N) is 1. The van der Waals surface area contributed by atoms with Crippen molar-refractivity contribution in [1.29, 1.82) is 0 Å². The molecule has 0 radical (unpaired) electrons. The average Bonchev–Trinajstić information content (AvgIpc) is 2.64. The Bertz CT molecular complexity index is 879. The molecule has 0 unspecified atom stereocenters. The summed E-state index contributed by atoms with van der Waals surface area (Å²) >= 11 is 0. The second-order valence-corrected chi connectivity index (χ2v) is 5.83. The van der Waals surface area contributed by atoms with Gasteiger partial charge in [-0.05, 0) is 42.8 Å². The molecule has 8 heteroatoms. The minimum Gasteiger partial charge on any atom is -0.330 e. The van der Waals surface area contributed by atoms with E-state index in [2.05, 4.69) is 5.32 Å². The lowest BCUT2D eigenvalue weighted by atomic mass is 10.1. The maximum absolute atomic E-state index is 13.1. The van der Waals surface area contributed by atoms with E-state index in [4.69, 9.17) is 0 Å². The Kier molecular flexibility index (Phi) is 6.92. The third-order valence-corrected chi connectivity index (χ3v) is 3.80. The van der Waals surface area contributed by atoms with Crippen LogP contribution in [0.25, 0.3) is 6.08 Å². The molecule has 0 aliphatic rings. The van der Waals surface area contributed by atoms with Gasteiger partial charge in [-0.25, -0.2) is 4.39 Å². The highest BCUT2D eigenvalue weighted by Gasteiger charge is 2.33. The van der Waals surface area contributed by atoms with Crippen LogP contribution < -0.4 is 5.32 Å². The molecule has 2 aromatic rings. The summed E-state index contributed by atoms with van der Waals surface area (Å²) in [7, 11) is 0. The van der Waals surface area contributed by atoms with Crippen LogP contribution in [0.4, 0.5) is 23.2 Å². The molecule has 0 heterocycles. The predicted molar refractivity (Wildman–Crippen MR) is 97.8 cm³/mol. The molecule has 0 saturated carbocycles. The number of anilines is 1. The van der Waals surface area contributed by atoms with Gasteiger partial charge in [-0.2, -0.15) is 13.2 Å². The molecule has 0 aromatic heterocycles. The Morgan fingerprint density at radius 1 is 1.11 bits per heavy atom. The molecule has 4 nitrogen and oxygen atoms in total. The van der Waals surface area contributed by atoms with Gasteiger partial charge in [-0.1, -0.05) is 24.3 Å². The van der Waals surface area contributed by atoms with Crippen molar-refractivity contribution in [2.45, 2.75) is 13.1 Å². The first-order valence-corrected chi connectivity index (χ1v) is 8.39. The Hall–Kier alpha value is -3.16. The van der Waals surface area contributed by atoms with Crippen molar-refractivity contribution >= 4 is 23.6 Å². The summed E-state index contributed by atoms with van der Waals surface area (Å²) in [6.07, 6.45) is -2.04. The van der Waals surface area contributed by atoms with E-state index >= 15 is 0 Å². The predicted octanol–water partition coefficient (Wildman–Crippen LogP) is 4.34. The molecule has 0 atom stereocenters. The Labute approximate surface area is 159 Å². The number of carbonyl (C=O) groups excluding carboxylic acids is 2. The molecule has 1 N–H and O–H groups in total. The Morgan fingerprint density at radius 3 is 2.46 bits per heavy atom. The lowest BCUT2D eigenvalue weighted by molar-refractivity contribution is -0.137. The van der Waals surface area contributed by atoms with Gasteiger partial charge in [0.15, 0.2) is 0 Å². The van der Waals surface area contributed by atoms with E-state index in [0.717, 1.165) is 17.0 Å². The standard InChI is InChI=1S/C20H18F4N2O2/c1-2-26(19(28)11-10-14-6-5-7-15(21)12-14)13-18(27)25-17-9-4-3-8-16(17)20(22,23)24/h3-12H,2,13H2,1H3,(H,25,27)/b11-10+. The monoisotopic (exact) mass is 394 g/mol. The van der Waals surface area contributed by atoms with Crippen molar-refractivity contribution in [2.75, 3.05) is 18.4 Å². The number of likely N-dealkylation sites (N-methyl/N-ethyl adjacent to an activating group) is 1. The fourth-order valence-electron chi connectivity index (χ4n) is 2.43. The molecule has 0 aliphatic heterocycles. The molecule has 2 amide bonds. The van der Waals surface area contributed by atoms with Crippen molar-refractivity contribution in [3.63, 3.8) is 0 Å². The van der Waals surface area contributed by atoms with Gasteiger partial charge in [0.05, 0.1) is 11.3 Å². The van der Waals surface area contributed by atoms with E-state index in [1.54, 1.807) is 13.0 Å². The number of nitrogens with one attached hydrogen (secondary N) is 1. The summed E-state index contributed by atoms with van der Waals surface area (Å²) in [6.45, 7) is 1.38. The van der Waals surface area contributed by atoms with Gasteiger partial charge in [-0.15, -0.1) is 0 Å². The summed E-state index contributed by atoms with van der Waals surface area (Å²) < 4.78 is 52.1. The molecular formula is C20H18F4N2O2. The SMILES string of the molecule is CCN(CC(=O)Nc1ccccc1C(F)(F)F)C(=O)/C=C/c1cccc(F)c1. The van der Waals surface area contributed by atoms with Crippen molar-refractivity contribution in [2.24, 2.45) is 0 Å². The highest BCUT2D eigenvalue weighted by Crippen LogP contribution is 2.34. The molecule has 0 bridgehead atoms. The Morgan fingerprint density at radius 2 is 1.82 bits per heavy atom. The van der Waals surface area contributed by atoms with Crippen molar-refractivity contribution in [1.82, 2.24) is 4.90 Å². The van der Waals surface area contributed by atoms with Gasteiger partial charge in [0.1, 0.15) is 12.4 Å². The van der Waals surface area contributed by atoms with E-state index in [-0.39, 0.29) is 12.2 Å². The largest absolute Gasteiger partial charge is 0.418 e. The van der Waals surface area contributed by atoms with Gasteiger partial charge in [-0.3, -0.25) is 9.59 Å². The molecule has 2 rings (SSSR count). The fraction of sp³-hybridized carbons (Fsp3) is 0.200. The van der Waals surface area contributed by atoms with Crippen LogP contribution in [0.2, 0.25) is 0 Å². The normalized spacial score (nSPS) is 11.5. The highest BCUT2D eigenvalue weighted by atomic mass is 19.4. The number of carbonyl (C=O) groups is 2. The zero-order valence-electron chi connectivity index (χ0n) is 15.0. The molecule has 0 saturated heterocycles. The maximum Gasteiger partial charge on any atom is 0.418 e. The van der Waals surface area contributed by atoms with Crippen LogP contribution in [0.1, 0.15) is 18.1 Å². The molecule has 0 aliphatic carbocycles. The average molecular weight is 394 g/mol. The molecule has 2 aromatic carbocycles. The molecule has 148 valence electrons. The van der Waals surface area contributed by atoms with Crippen LogP contribution in [0.15, 0.2) is 54.6 Å². The van der Waals surface area contributed by atoms with Crippen LogP contribution in [0, 0.1) is 5.82 Å². The summed E-state index contributed by atoms with van der Waals surface area (Å²) in [5.41, 5.74) is -0.879. The summed E-state index contributed by atoms with van der Waals surface area (Å²) in [5.74, 6) is -1.73. The second-order valence-electron chi connectivity index (χ2n) is 5.83. The van der Waals surface area contributed by atoms with Crippen LogP contribution in [-0.4, -0.2) is 29.8 Å². The number of para-hydroxylation sites is 1. The minimum absolute atomic E-state index is 0.167. The maximum atomic E-state index is 13.1. The van der Waals surface area contributed by atoms with Crippen molar-refractivity contribution in [3.8, 4) is 0 Å². The van der Waals surface area contributed by atoms with Crippen molar-refractivity contribution < 1.29 is 27.2 Å². The van der Waals surface area contributed by atoms with Gasteiger partial charge in [0, 0.05) is 12.6 Å². The summed E-state index contributed by atoms with van der Waals surface area (Å²) in [5, 5.41) is 2.19. The number of alkyl halides is 3. The van der Waals surface area contributed by atoms with Gasteiger partial charge < -0.3 is 10.2 Å². The van der Waals surface area contributed by atoms with Gasteiger partial charge in [0.25, 0.3) is 0 Å². The second kappa shape index (κ2) is 9.16. The summed E-state index contributed by atoms with van der Waals surface area (Å²) in [6, 6.07) is 10.2. The van der Waals surface area contributed by atoms with Crippen LogP contribution in [-0.2, 0) is 15.8 Å². The number of halogens is 4. The molecule has 0 spiro atoms. The van der Waals surface area contributed by atoms with E-state index in [0.29, 0.717) is 5.56 Å². The quantitative estimate of drug-likeness (QED) is 0.585. The zero-order chi connectivity index (χ0) is 20.7. The lowest BCUT2D eigenvalue weighted by Crippen LogP contribution is -2.37. The lowest BCUT2D eigenvalue weighted by Gasteiger charge is -2.19. The first-order valence-electron chi connectivity index (χ1n) is 8.39. The number of hydrogen-bond donors (Lipinski definition) is 1. The van der Waals surface area contributed by atoms with E-state index in [1.807, 2.05) is 0 Å². The van der Waals surface area contributed by atoms with E-state index in [1.165, 1.54) is 42.5 Å². The minimum atomic E-state index is -4.61. The number of amides is 2. The van der Waals surface area contributed by atoms with Crippen molar-refractivity contribution in [3.05, 3.63) is 71.6 Å². The van der Waals surface area contributed by atoms with E-state index in [9.17, 15) is 27.2 Å². The first kappa shape index (κ1) is 21.1. The Balaban J connectivity index is 2.04. The third kappa shape index (κ3) is 5.94. The van der Waals surface area contributed by atoms with Gasteiger partial charge >= 0.3 is 6.18 Å². The van der Waals surface area contributed by atoms with E-state index < -0.39 is 35.9 Å².